The van der Waals surface area contributed by atoms with E-state index in [1.165, 1.54) is 122 Å². The number of aliphatic hydroxyl groups is 2. The zero-order valence-corrected chi connectivity index (χ0v) is 28.7. The average Bonchev–Trinajstić information content (AvgIpc) is 3.01. The van der Waals surface area contributed by atoms with Gasteiger partial charge in [-0.1, -0.05) is 166 Å². The molecule has 0 aliphatic heterocycles. The van der Waals surface area contributed by atoms with Crippen molar-refractivity contribution in [3.8, 4) is 0 Å². The fourth-order valence-corrected chi connectivity index (χ4v) is 5.48. The Hall–Kier alpha value is -1.39. The molecule has 0 fully saturated rings. The van der Waals surface area contributed by atoms with Gasteiger partial charge >= 0.3 is 0 Å². The lowest BCUT2D eigenvalue weighted by molar-refractivity contribution is -0.123. The lowest BCUT2D eigenvalue weighted by atomic mass is 10.0. The number of carbonyl (C=O) groups is 1. The maximum Gasteiger partial charge on any atom is 0.220 e. The van der Waals surface area contributed by atoms with Crippen LogP contribution in [-0.2, 0) is 4.79 Å². The lowest BCUT2D eigenvalue weighted by Gasteiger charge is -2.22. The number of amides is 1. The van der Waals surface area contributed by atoms with Gasteiger partial charge in [-0.3, -0.25) is 4.79 Å². The minimum absolute atomic E-state index is 0.0436. The molecule has 4 nitrogen and oxygen atoms in total. The molecular weight excluding hydrogens is 530 g/mol. The fourth-order valence-electron chi connectivity index (χ4n) is 5.48. The van der Waals surface area contributed by atoms with Gasteiger partial charge < -0.3 is 15.5 Å². The Bertz CT molecular complexity index is 657. The molecule has 3 N–H and O–H groups in total. The van der Waals surface area contributed by atoms with Gasteiger partial charge in [-0.05, 0) is 51.4 Å². The summed E-state index contributed by atoms with van der Waals surface area (Å²) >= 11 is 0. The molecule has 0 aromatic rings. The van der Waals surface area contributed by atoms with E-state index in [9.17, 15) is 15.0 Å². The Kier molecular flexibility index (Phi) is 34.0. The molecule has 0 aliphatic rings. The largest absolute Gasteiger partial charge is 0.394 e. The minimum Gasteiger partial charge on any atom is -0.394 e. The van der Waals surface area contributed by atoms with Gasteiger partial charge in [0.2, 0.25) is 5.91 Å². The number of nitrogens with one attached hydrogen (secondary N) is 1. The summed E-state index contributed by atoms with van der Waals surface area (Å²) in [5.41, 5.74) is 0. The van der Waals surface area contributed by atoms with Crippen LogP contribution >= 0.6 is 0 Å². The van der Waals surface area contributed by atoms with E-state index in [2.05, 4.69) is 55.6 Å². The summed E-state index contributed by atoms with van der Waals surface area (Å²) in [6.07, 6.45) is 44.9. The highest BCUT2D eigenvalue weighted by Crippen LogP contribution is 2.14. The summed E-state index contributed by atoms with van der Waals surface area (Å²) in [4.78, 5) is 12.3. The Morgan fingerprint density at radius 3 is 1.42 bits per heavy atom. The normalized spacial score (nSPS) is 13.5. The molecule has 0 radical (unpaired) electrons. The first kappa shape index (κ1) is 41.6. The van der Waals surface area contributed by atoms with Crippen molar-refractivity contribution in [2.75, 3.05) is 6.61 Å². The molecule has 0 aromatic heterocycles. The standard InChI is InChI=1S/C39H73NO3/c1-3-5-7-9-11-13-14-15-16-17-18-19-20-21-22-23-24-25-26-27-29-31-33-35-39(43)40-37(36-41)38(42)34-32-30-28-12-10-8-6-4-2/h14-15,17-18,20-21,37-38,41-42H,3-13,16,19,22-36H2,1-2H3,(H,40,43)/b15-14-,18-17-,21-20-. The SMILES string of the molecule is CCCCCCC/C=C\C/C=C\C/C=C\CCCCCCCCCCC(=O)NC(CO)C(O)CCCCCCCCCC. The van der Waals surface area contributed by atoms with Crippen molar-refractivity contribution in [2.45, 2.75) is 199 Å². The zero-order chi connectivity index (χ0) is 31.5. The third-order valence-electron chi connectivity index (χ3n) is 8.40. The van der Waals surface area contributed by atoms with Gasteiger partial charge in [0.05, 0.1) is 18.8 Å². The van der Waals surface area contributed by atoms with Crippen molar-refractivity contribution in [3.63, 3.8) is 0 Å². The number of allylic oxidation sites excluding steroid dienone is 6. The molecule has 0 aromatic carbocycles. The highest BCUT2D eigenvalue weighted by molar-refractivity contribution is 5.76. The smallest absolute Gasteiger partial charge is 0.220 e. The maximum absolute atomic E-state index is 12.3. The Labute approximate surface area is 268 Å². The molecular formula is C39H73NO3. The van der Waals surface area contributed by atoms with Gasteiger partial charge in [0.1, 0.15) is 0 Å². The monoisotopic (exact) mass is 604 g/mol. The van der Waals surface area contributed by atoms with Crippen LogP contribution in [0.25, 0.3) is 0 Å². The summed E-state index contributed by atoms with van der Waals surface area (Å²) in [5, 5.41) is 22.9. The number of hydrogen-bond acceptors (Lipinski definition) is 3. The van der Waals surface area contributed by atoms with Gasteiger partial charge in [0.15, 0.2) is 0 Å². The van der Waals surface area contributed by atoms with Crippen molar-refractivity contribution < 1.29 is 15.0 Å². The first-order chi connectivity index (χ1) is 21.2. The van der Waals surface area contributed by atoms with E-state index in [0.29, 0.717) is 12.8 Å². The first-order valence-corrected chi connectivity index (χ1v) is 18.7. The molecule has 43 heavy (non-hydrogen) atoms. The number of hydrogen-bond donors (Lipinski definition) is 3. The second kappa shape index (κ2) is 35.1. The van der Waals surface area contributed by atoms with E-state index >= 15 is 0 Å². The molecule has 0 saturated heterocycles. The van der Waals surface area contributed by atoms with Crippen LogP contribution in [0.1, 0.15) is 187 Å². The molecule has 0 heterocycles. The summed E-state index contributed by atoms with van der Waals surface area (Å²) in [7, 11) is 0. The summed E-state index contributed by atoms with van der Waals surface area (Å²) in [5.74, 6) is -0.0436. The lowest BCUT2D eigenvalue weighted by Crippen LogP contribution is -2.45. The van der Waals surface area contributed by atoms with Crippen LogP contribution in [0.15, 0.2) is 36.5 Å². The molecule has 1 amide bonds. The summed E-state index contributed by atoms with van der Waals surface area (Å²) in [6.45, 7) is 4.30. The van der Waals surface area contributed by atoms with E-state index in [0.717, 1.165) is 38.5 Å². The number of rotatable bonds is 33. The maximum atomic E-state index is 12.3. The van der Waals surface area contributed by atoms with Crippen LogP contribution in [-0.4, -0.2) is 34.9 Å². The van der Waals surface area contributed by atoms with Crippen LogP contribution in [0.3, 0.4) is 0 Å². The number of aliphatic hydroxyl groups excluding tert-OH is 2. The van der Waals surface area contributed by atoms with Crippen molar-refractivity contribution in [1.29, 1.82) is 0 Å². The predicted octanol–water partition coefficient (Wildman–Crippen LogP) is 11.1. The highest BCUT2D eigenvalue weighted by atomic mass is 16.3. The molecule has 0 aliphatic carbocycles. The summed E-state index contributed by atoms with van der Waals surface area (Å²) < 4.78 is 0. The summed E-state index contributed by atoms with van der Waals surface area (Å²) in [6, 6.07) is -0.537. The number of unbranched alkanes of at least 4 members (excludes halogenated alkanes) is 20. The molecule has 0 spiro atoms. The molecule has 4 heteroatoms. The third kappa shape index (κ3) is 31.8. The predicted molar refractivity (Wildman–Crippen MR) is 188 cm³/mol. The van der Waals surface area contributed by atoms with Gasteiger partial charge in [0, 0.05) is 6.42 Å². The topological polar surface area (TPSA) is 69.6 Å². The molecule has 0 rings (SSSR count). The van der Waals surface area contributed by atoms with Gasteiger partial charge in [-0.25, -0.2) is 0 Å². The van der Waals surface area contributed by atoms with E-state index in [1.807, 2.05) is 0 Å². The van der Waals surface area contributed by atoms with E-state index in [4.69, 9.17) is 0 Å². The molecule has 2 unspecified atom stereocenters. The minimum atomic E-state index is -0.659. The van der Waals surface area contributed by atoms with E-state index in [-0.39, 0.29) is 12.5 Å². The molecule has 2 atom stereocenters. The average molecular weight is 604 g/mol. The second-order valence-corrected chi connectivity index (χ2v) is 12.6. The van der Waals surface area contributed by atoms with E-state index in [1.54, 1.807) is 0 Å². The van der Waals surface area contributed by atoms with Gasteiger partial charge in [-0.2, -0.15) is 0 Å². The van der Waals surface area contributed by atoms with Crippen molar-refractivity contribution >= 4 is 5.91 Å². The van der Waals surface area contributed by atoms with Crippen LogP contribution in [0.2, 0.25) is 0 Å². The van der Waals surface area contributed by atoms with Gasteiger partial charge in [0.25, 0.3) is 0 Å². The molecule has 0 bridgehead atoms. The van der Waals surface area contributed by atoms with Crippen molar-refractivity contribution in [3.05, 3.63) is 36.5 Å². The molecule has 252 valence electrons. The van der Waals surface area contributed by atoms with Crippen molar-refractivity contribution in [1.82, 2.24) is 5.32 Å². The van der Waals surface area contributed by atoms with Crippen LogP contribution in [0, 0.1) is 0 Å². The molecule has 0 saturated carbocycles. The van der Waals surface area contributed by atoms with Crippen LogP contribution in [0.4, 0.5) is 0 Å². The second-order valence-electron chi connectivity index (χ2n) is 12.6. The van der Waals surface area contributed by atoms with Gasteiger partial charge in [-0.15, -0.1) is 0 Å². The van der Waals surface area contributed by atoms with E-state index < -0.39 is 12.1 Å². The Morgan fingerprint density at radius 1 is 0.558 bits per heavy atom. The van der Waals surface area contributed by atoms with Crippen molar-refractivity contribution in [2.24, 2.45) is 0 Å². The fraction of sp³-hybridized carbons (Fsp3) is 0.821. The first-order valence-electron chi connectivity index (χ1n) is 18.7. The highest BCUT2D eigenvalue weighted by Gasteiger charge is 2.19. The quantitative estimate of drug-likeness (QED) is 0.0516. The zero-order valence-electron chi connectivity index (χ0n) is 28.7. The Balaban J connectivity index is 3.55. The van der Waals surface area contributed by atoms with Crippen LogP contribution < -0.4 is 5.32 Å². The Morgan fingerprint density at radius 2 is 0.953 bits per heavy atom. The van der Waals surface area contributed by atoms with Crippen LogP contribution in [0.5, 0.6) is 0 Å². The number of carbonyl (C=O) groups excluding carboxylic acids is 1. The third-order valence-corrected chi connectivity index (χ3v) is 8.40.